The zero-order valence-corrected chi connectivity index (χ0v) is 15.7. The van der Waals surface area contributed by atoms with Gasteiger partial charge in [-0.15, -0.1) is 10.2 Å². The van der Waals surface area contributed by atoms with Crippen LogP contribution in [0.3, 0.4) is 0 Å². The highest BCUT2D eigenvalue weighted by Gasteiger charge is 2.14. The predicted molar refractivity (Wildman–Crippen MR) is 108 cm³/mol. The van der Waals surface area contributed by atoms with Crippen molar-refractivity contribution in [3.63, 3.8) is 0 Å². The molecule has 0 amide bonds. The molecule has 0 aliphatic rings. The monoisotopic (exact) mass is 389 g/mol. The van der Waals surface area contributed by atoms with Gasteiger partial charge in [0, 0.05) is 5.39 Å². The van der Waals surface area contributed by atoms with Gasteiger partial charge in [0.05, 0.1) is 11.4 Å². The van der Waals surface area contributed by atoms with E-state index in [-0.39, 0.29) is 11.1 Å². The number of para-hydroxylation sites is 2. The van der Waals surface area contributed by atoms with Crippen molar-refractivity contribution in [2.24, 2.45) is 0 Å². The molecule has 28 heavy (non-hydrogen) atoms. The molecule has 0 aliphatic carbocycles. The zero-order valence-electron chi connectivity index (χ0n) is 14.9. The number of aryl methyl sites for hydroxylation is 1. The standard InChI is InChI=1S/C20H15N5O2S/c1-12-6-2-4-8-14(12)25-11-21-24-20(25)28-10-16-22-17-13-7-3-5-9-15(13)27-18(17)19(26)23-16/h2-9,11H,10H2,1H3,(H,22,23,26). The number of hydrogen-bond donors (Lipinski definition) is 1. The summed E-state index contributed by atoms with van der Waals surface area (Å²) in [5.74, 6) is 1.02. The normalized spacial score (nSPS) is 11.5. The van der Waals surface area contributed by atoms with E-state index >= 15 is 0 Å². The van der Waals surface area contributed by atoms with E-state index in [4.69, 9.17) is 4.42 Å². The van der Waals surface area contributed by atoms with Gasteiger partial charge in [0.2, 0.25) is 5.58 Å². The first-order valence-electron chi connectivity index (χ1n) is 8.70. The summed E-state index contributed by atoms with van der Waals surface area (Å²) in [6, 6.07) is 15.5. The number of fused-ring (bicyclic) bond motifs is 3. The molecule has 0 saturated heterocycles. The van der Waals surface area contributed by atoms with Crippen LogP contribution in [0, 0.1) is 6.92 Å². The van der Waals surface area contributed by atoms with Gasteiger partial charge in [-0.2, -0.15) is 0 Å². The first-order valence-corrected chi connectivity index (χ1v) is 9.68. The Hall–Kier alpha value is -3.39. The van der Waals surface area contributed by atoms with Gasteiger partial charge >= 0.3 is 0 Å². The van der Waals surface area contributed by atoms with Crippen LogP contribution in [0.1, 0.15) is 11.4 Å². The molecule has 2 aromatic carbocycles. The Balaban J connectivity index is 1.49. The van der Waals surface area contributed by atoms with E-state index in [1.54, 1.807) is 6.33 Å². The van der Waals surface area contributed by atoms with Crippen LogP contribution in [-0.4, -0.2) is 24.7 Å². The van der Waals surface area contributed by atoms with Gasteiger partial charge < -0.3 is 9.40 Å². The molecule has 5 aromatic rings. The van der Waals surface area contributed by atoms with Crippen LogP contribution in [0.4, 0.5) is 0 Å². The lowest BCUT2D eigenvalue weighted by Gasteiger charge is -2.08. The number of thioether (sulfide) groups is 1. The topological polar surface area (TPSA) is 89.6 Å². The molecule has 0 aliphatic heterocycles. The van der Waals surface area contributed by atoms with Crippen molar-refractivity contribution in [1.29, 1.82) is 0 Å². The molecular weight excluding hydrogens is 374 g/mol. The molecule has 0 spiro atoms. The third-order valence-corrected chi connectivity index (χ3v) is 5.46. The maximum atomic E-state index is 12.4. The lowest BCUT2D eigenvalue weighted by molar-refractivity contribution is 0.660. The van der Waals surface area contributed by atoms with Crippen LogP contribution < -0.4 is 5.56 Å². The Bertz CT molecular complexity index is 1370. The van der Waals surface area contributed by atoms with Gasteiger partial charge in [-0.25, -0.2) is 4.98 Å². The molecule has 5 rings (SSSR count). The van der Waals surface area contributed by atoms with Crippen LogP contribution in [0.15, 0.2) is 69.2 Å². The number of aromatic amines is 1. The van der Waals surface area contributed by atoms with Crippen LogP contribution in [-0.2, 0) is 5.75 Å². The van der Waals surface area contributed by atoms with Crippen molar-refractivity contribution in [3.05, 3.63) is 76.6 Å². The fourth-order valence-corrected chi connectivity index (χ4v) is 3.96. The van der Waals surface area contributed by atoms with E-state index in [9.17, 15) is 4.79 Å². The summed E-state index contributed by atoms with van der Waals surface area (Å²) >= 11 is 1.46. The fourth-order valence-electron chi connectivity index (χ4n) is 3.17. The van der Waals surface area contributed by atoms with E-state index < -0.39 is 0 Å². The molecule has 7 nitrogen and oxygen atoms in total. The van der Waals surface area contributed by atoms with Gasteiger partial charge in [-0.3, -0.25) is 9.36 Å². The SMILES string of the molecule is Cc1ccccc1-n1cnnc1SCc1nc2c(oc3ccccc32)c(=O)[nH]1. The summed E-state index contributed by atoms with van der Waals surface area (Å²) in [4.78, 5) is 19.9. The van der Waals surface area contributed by atoms with Crippen LogP contribution in [0.2, 0.25) is 0 Å². The van der Waals surface area contributed by atoms with Crippen LogP contribution >= 0.6 is 11.8 Å². The molecular formula is C20H15N5O2S. The predicted octanol–water partition coefficient (Wildman–Crippen LogP) is 3.85. The highest BCUT2D eigenvalue weighted by molar-refractivity contribution is 7.98. The number of hydrogen-bond acceptors (Lipinski definition) is 6. The van der Waals surface area contributed by atoms with Crippen LogP contribution in [0.5, 0.6) is 0 Å². The molecule has 0 unspecified atom stereocenters. The first-order chi connectivity index (χ1) is 13.7. The quantitative estimate of drug-likeness (QED) is 0.470. The fraction of sp³-hybridized carbons (Fsp3) is 0.100. The molecule has 0 saturated carbocycles. The van der Waals surface area contributed by atoms with E-state index in [1.165, 1.54) is 11.8 Å². The van der Waals surface area contributed by atoms with Crippen molar-refractivity contribution < 1.29 is 4.42 Å². The summed E-state index contributed by atoms with van der Waals surface area (Å²) in [6.07, 6.45) is 1.69. The second-order valence-electron chi connectivity index (χ2n) is 6.35. The van der Waals surface area contributed by atoms with E-state index in [0.717, 1.165) is 21.8 Å². The number of furan rings is 1. The average Bonchev–Trinajstić information content (AvgIpc) is 3.32. The molecule has 3 heterocycles. The number of nitrogens with one attached hydrogen (secondary N) is 1. The van der Waals surface area contributed by atoms with Gasteiger partial charge in [-0.05, 0) is 30.7 Å². The minimum absolute atomic E-state index is 0.248. The smallest absolute Gasteiger partial charge is 0.294 e. The molecule has 0 bridgehead atoms. The van der Waals surface area contributed by atoms with Crippen molar-refractivity contribution in [2.45, 2.75) is 17.8 Å². The molecule has 3 aromatic heterocycles. The minimum Gasteiger partial charge on any atom is -0.449 e. The molecule has 0 fully saturated rings. The molecule has 0 radical (unpaired) electrons. The van der Waals surface area contributed by atoms with Crippen LogP contribution in [0.25, 0.3) is 27.8 Å². The van der Waals surface area contributed by atoms with E-state index in [1.807, 2.05) is 60.0 Å². The maximum Gasteiger partial charge on any atom is 0.294 e. The van der Waals surface area contributed by atoms with Crippen molar-refractivity contribution in [3.8, 4) is 5.69 Å². The summed E-state index contributed by atoms with van der Waals surface area (Å²) in [6.45, 7) is 2.04. The number of nitrogens with zero attached hydrogens (tertiary/aromatic N) is 4. The zero-order chi connectivity index (χ0) is 19.1. The summed E-state index contributed by atoms with van der Waals surface area (Å²) < 4.78 is 7.57. The van der Waals surface area contributed by atoms with Crippen molar-refractivity contribution in [2.75, 3.05) is 0 Å². The second kappa shape index (κ2) is 6.65. The highest BCUT2D eigenvalue weighted by Crippen LogP contribution is 2.27. The second-order valence-corrected chi connectivity index (χ2v) is 7.29. The van der Waals surface area contributed by atoms with E-state index in [0.29, 0.717) is 22.7 Å². The summed E-state index contributed by atoms with van der Waals surface area (Å²) in [5, 5.41) is 9.81. The summed E-state index contributed by atoms with van der Waals surface area (Å²) in [7, 11) is 0. The maximum absolute atomic E-state index is 12.4. The third-order valence-electron chi connectivity index (χ3n) is 4.51. The van der Waals surface area contributed by atoms with E-state index in [2.05, 4.69) is 20.2 Å². The Labute approximate surface area is 163 Å². The number of aromatic nitrogens is 5. The van der Waals surface area contributed by atoms with Crippen molar-refractivity contribution in [1.82, 2.24) is 24.7 Å². The average molecular weight is 389 g/mol. The number of benzene rings is 2. The third kappa shape index (κ3) is 2.78. The Morgan fingerprint density at radius 1 is 1.14 bits per heavy atom. The van der Waals surface area contributed by atoms with Gasteiger partial charge in [0.1, 0.15) is 23.3 Å². The van der Waals surface area contributed by atoms with Crippen molar-refractivity contribution >= 4 is 33.8 Å². The minimum atomic E-state index is -0.280. The Morgan fingerprint density at radius 2 is 1.96 bits per heavy atom. The lowest BCUT2D eigenvalue weighted by atomic mass is 10.2. The van der Waals surface area contributed by atoms with Gasteiger partial charge in [0.25, 0.3) is 5.56 Å². The largest absolute Gasteiger partial charge is 0.449 e. The summed E-state index contributed by atoms with van der Waals surface area (Å²) in [5.41, 5.74) is 3.35. The Morgan fingerprint density at radius 3 is 2.86 bits per heavy atom. The molecule has 1 N–H and O–H groups in total. The highest BCUT2D eigenvalue weighted by atomic mass is 32.2. The Kier molecular flexibility index (Phi) is 3.98. The number of H-pyrrole nitrogens is 1. The first kappa shape index (κ1) is 16.8. The molecule has 138 valence electrons. The number of rotatable bonds is 4. The molecule has 8 heteroatoms. The van der Waals surface area contributed by atoms with Gasteiger partial charge in [-0.1, -0.05) is 42.1 Å². The lowest BCUT2D eigenvalue weighted by Crippen LogP contribution is -2.10. The van der Waals surface area contributed by atoms with Gasteiger partial charge in [0.15, 0.2) is 5.16 Å². The molecule has 0 atom stereocenters.